The molecule has 0 bridgehead atoms. The van der Waals surface area contributed by atoms with Gasteiger partial charge in [-0.3, -0.25) is 9.59 Å². The number of rotatable bonds is 7. The fraction of sp³-hybridized carbons (Fsp3) is 0.333. The lowest BCUT2D eigenvalue weighted by atomic mass is 10.2. The fourth-order valence-corrected chi connectivity index (χ4v) is 2.21. The lowest BCUT2D eigenvalue weighted by Gasteiger charge is -2.06. The van der Waals surface area contributed by atoms with E-state index in [0.29, 0.717) is 37.3 Å². The van der Waals surface area contributed by atoms with Crippen molar-refractivity contribution in [1.29, 1.82) is 0 Å². The third-order valence-electron chi connectivity index (χ3n) is 3.37. The van der Waals surface area contributed by atoms with Crippen molar-refractivity contribution in [2.75, 3.05) is 10.6 Å². The molecule has 0 aromatic carbocycles. The molecule has 2 aromatic rings. The zero-order valence-electron chi connectivity index (χ0n) is 14.0. The van der Waals surface area contributed by atoms with Gasteiger partial charge in [0.2, 0.25) is 11.8 Å². The van der Waals surface area contributed by atoms with Crippen LogP contribution in [0.3, 0.4) is 0 Å². The van der Waals surface area contributed by atoms with E-state index in [1.165, 1.54) is 0 Å². The van der Waals surface area contributed by atoms with Crippen LogP contribution in [0.25, 0.3) is 0 Å². The van der Waals surface area contributed by atoms with E-state index in [2.05, 4.69) is 20.6 Å². The largest absolute Gasteiger partial charge is 0.311 e. The third kappa shape index (κ3) is 6.16. The van der Waals surface area contributed by atoms with Crippen LogP contribution >= 0.6 is 0 Å². The highest BCUT2D eigenvalue weighted by Gasteiger charge is 2.06. The minimum atomic E-state index is -0.0890. The van der Waals surface area contributed by atoms with Gasteiger partial charge in [-0.15, -0.1) is 0 Å². The van der Waals surface area contributed by atoms with Crippen molar-refractivity contribution in [2.45, 2.75) is 39.5 Å². The van der Waals surface area contributed by atoms with Crippen LogP contribution in [0.15, 0.2) is 36.4 Å². The fourth-order valence-electron chi connectivity index (χ4n) is 2.21. The summed E-state index contributed by atoms with van der Waals surface area (Å²) in [7, 11) is 0. The van der Waals surface area contributed by atoms with Gasteiger partial charge in [0.05, 0.1) is 0 Å². The van der Waals surface area contributed by atoms with Gasteiger partial charge in [0.1, 0.15) is 11.6 Å². The van der Waals surface area contributed by atoms with Crippen LogP contribution in [-0.2, 0) is 9.59 Å². The van der Waals surface area contributed by atoms with Crippen molar-refractivity contribution < 1.29 is 9.59 Å². The molecule has 0 radical (unpaired) electrons. The standard InChI is InChI=1S/C18H22N4O2/c1-13-7-5-9-15(19-13)21-17(23)11-3-4-12-18(24)22-16-10-6-8-14(2)20-16/h5-10H,3-4,11-12H2,1-2H3,(H,19,21,23)(H,20,22,24). The lowest BCUT2D eigenvalue weighted by Crippen LogP contribution is -2.14. The van der Waals surface area contributed by atoms with Gasteiger partial charge in [0, 0.05) is 24.2 Å². The zero-order chi connectivity index (χ0) is 17.4. The first kappa shape index (κ1) is 17.6. The van der Waals surface area contributed by atoms with Gasteiger partial charge in [-0.05, 0) is 51.0 Å². The number of aromatic nitrogens is 2. The number of aryl methyl sites for hydroxylation is 2. The molecule has 2 aromatic heterocycles. The Bertz CT molecular complexity index is 654. The van der Waals surface area contributed by atoms with Gasteiger partial charge in [-0.1, -0.05) is 12.1 Å². The molecule has 0 saturated carbocycles. The molecule has 0 saturated heterocycles. The molecule has 0 aliphatic rings. The maximum absolute atomic E-state index is 11.8. The summed E-state index contributed by atoms with van der Waals surface area (Å²) in [6.07, 6.45) is 2.02. The van der Waals surface area contributed by atoms with Crippen LogP contribution in [0.1, 0.15) is 37.1 Å². The Hall–Kier alpha value is -2.76. The van der Waals surface area contributed by atoms with Crippen LogP contribution < -0.4 is 10.6 Å². The van der Waals surface area contributed by atoms with Crippen molar-refractivity contribution >= 4 is 23.5 Å². The van der Waals surface area contributed by atoms with Gasteiger partial charge < -0.3 is 10.6 Å². The van der Waals surface area contributed by atoms with Gasteiger partial charge >= 0.3 is 0 Å². The normalized spacial score (nSPS) is 10.2. The number of carbonyl (C=O) groups is 2. The highest BCUT2D eigenvalue weighted by Crippen LogP contribution is 2.08. The Morgan fingerprint density at radius 3 is 1.58 bits per heavy atom. The average molecular weight is 326 g/mol. The first-order chi connectivity index (χ1) is 11.5. The monoisotopic (exact) mass is 326 g/mol. The Labute approximate surface area is 141 Å². The second-order valence-electron chi connectivity index (χ2n) is 5.63. The van der Waals surface area contributed by atoms with Crippen molar-refractivity contribution in [3.05, 3.63) is 47.8 Å². The van der Waals surface area contributed by atoms with Crippen LogP contribution in [0.4, 0.5) is 11.6 Å². The van der Waals surface area contributed by atoms with Gasteiger partial charge in [0.15, 0.2) is 0 Å². The Balaban J connectivity index is 1.65. The predicted molar refractivity (Wildman–Crippen MR) is 93.7 cm³/mol. The van der Waals surface area contributed by atoms with E-state index in [9.17, 15) is 9.59 Å². The Morgan fingerprint density at radius 2 is 1.21 bits per heavy atom. The summed E-state index contributed by atoms with van der Waals surface area (Å²) in [6, 6.07) is 11.0. The van der Waals surface area contributed by atoms with E-state index < -0.39 is 0 Å². The van der Waals surface area contributed by atoms with Crippen molar-refractivity contribution in [2.24, 2.45) is 0 Å². The van der Waals surface area contributed by atoms with Crippen LogP contribution in [0.2, 0.25) is 0 Å². The maximum Gasteiger partial charge on any atom is 0.225 e. The summed E-state index contributed by atoms with van der Waals surface area (Å²) in [5.74, 6) is 0.939. The summed E-state index contributed by atoms with van der Waals surface area (Å²) in [6.45, 7) is 3.74. The van der Waals surface area contributed by atoms with Crippen molar-refractivity contribution in [1.82, 2.24) is 9.97 Å². The summed E-state index contributed by atoms with van der Waals surface area (Å²) >= 11 is 0. The Morgan fingerprint density at radius 1 is 0.792 bits per heavy atom. The molecule has 0 spiro atoms. The molecule has 0 aliphatic carbocycles. The molecule has 2 rings (SSSR count). The van der Waals surface area contributed by atoms with Crippen LogP contribution in [-0.4, -0.2) is 21.8 Å². The quantitative estimate of drug-likeness (QED) is 0.765. The highest BCUT2D eigenvalue weighted by molar-refractivity contribution is 5.90. The number of hydrogen-bond donors (Lipinski definition) is 2. The SMILES string of the molecule is Cc1cccc(NC(=O)CCCCC(=O)Nc2cccc(C)n2)n1. The second kappa shape index (κ2) is 8.76. The van der Waals surface area contributed by atoms with Crippen molar-refractivity contribution in [3.63, 3.8) is 0 Å². The molecule has 6 nitrogen and oxygen atoms in total. The van der Waals surface area contributed by atoms with E-state index in [4.69, 9.17) is 0 Å². The zero-order valence-corrected chi connectivity index (χ0v) is 14.0. The third-order valence-corrected chi connectivity index (χ3v) is 3.37. The van der Waals surface area contributed by atoms with Crippen molar-refractivity contribution in [3.8, 4) is 0 Å². The summed E-state index contributed by atoms with van der Waals surface area (Å²) in [4.78, 5) is 32.1. The number of amides is 2. The minimum Gasteiger partial charge on any atom is -0.311 e. The number of pyridine rings is 2. The molecule has 126 valence electrons. The number of nitrogens with one attached hydrogen (secondary N) is 2. The van der Waals surface area contributed by atoms with Crippen LogP contribution in [0.5, 0.6) is 0 Å². The lowest BCUT2D eigenvalue weighted by molar-refractivity contribution is -0.118. The van der Waals surface area contributed by atoms with Crippen LogP contribution in [0, 0.1) is 13.8 Å². The van der Waals surface area contributed by atoms with Gasteiger partial charge in [0.25, 0.3) is 0 Å². The first-order valence-corrected chi connectivity index (χ1v) is 8.00. The van der Waals surface area contributed by atoms with E-state index in [1.807, 2.05) is 38.1 Å². The maximum atomic E-state index is 11.8. The Kier molecular flexibility index (Phi) is 6.42. The molecular formula is C18H22N4O2. The first-order valence-electron chi connectivity index (χ1n) is 8.00. The molecule has 2 heterocycles. The number of anilines is 2. The predicted octanol–water partition coefficient (Wildman–Crippen LogP) is 3.23. The summed E-state index contributed by atoms with van der Waals surface area (Å²) in [5.41, 5.74) is 1.71. The molecule has 24 heavy (non-hydrogen) atoms. The highest BCUT2D eigenvalue weighted by atomic mass is 16.2. The summed E-state index contributed by atoms with van der Waals surface area (Å²) < 4.78 is 0. The number of hydrogen-bond acceptors (Lipinski definition) is 4. The van der Waals surface area contributed by atoms with Gasteiger partial charge in [-0.25, -0.2) is 9.97 Å². The molecular weight excluding hydrogens is 304 g/mol. The molecule has 0 atom stereocenters. The van der Waals surface area contributed by atoms with Gasteiger partial charge in [-0.2, -0.15) is 0 Å². The molecule has 0 fully saturated rings. The molecule has 6 heteroatoms. The molecule has 0 aliphatic heterocycles. The second-order valence-corrected chi connectivity index (χ2v) is 5.63. The molecule has 2 N–H and O–H groups in total. The average Bonchev–Trinajstić information content (AvgIpc) is 2.51. The van der Waals surface area contributed by atoms with E-state index >= 15 is 0 Å². The molecule has 2 amide bonds. The van der Waals surface area contributed by atoms with E-state index in [1.54, 1.807) is 12.1 Å². The number of nitrogens with zero attached hydrogens (tertiary/aromatic N) is 2. The summed E-state index contributed by atoms with van der Waals surface area (Å²) in [5, 5.41) is 5.51. The van der Waals surface area contributed by atoms with E-state index in [0.717, 1.165) is 11.4 Å². The molecule has 0 unspecified atom stereocenters. The number of carbonyl (C=O) groups excluding carboxylic acids is 2. The smallest absolute Gasteiger partial charge is 0.225 e. The topological polar surface area (TPSA) is 84.0 Å². The minimum absolute atomic E-state index is 0.0890. The van der Waals surface area contributed by atoms with E-state index in [-0.39, 0.29) is 11.8 Å². The number of unbranched alkanes of at least 4 members (excludes halogenated alkanes) is 1.